The van der Waals surface area contributed by atoms with E-state index in [4.69, 9.17) is 4.98 Å². The summed E-state index contributed by atoms with van der Waals surface area (Å²) in [7, 11) is 1.99. The van der Waals surface area contributed by atoms with E-state index in [0.29, 0.717) is 5.39 Å². The highest BCUT2D eigenvalue weighted by Crippen LogP contribution is 2.34. The van der Waals surface area contributed by atoms with Crippen LogP contribution in [0.15, 0.2) is 77.6 Å². The van der Waals surface area contributed by atoms with E-state index in [9.17, 15) is 4.79 Å². The van der Waals surface area contributed by atoms with Crippen LogP contribution in [0.5, 0.6) is 0 Å². The van der Waals surface area contributed by atoms with Gasteiger partial charge in [-0.25, -0.2) is 4.98 Å². The number of hydrogen-bond acceptors (Lipinski definition) is 2. The van der Waals surface area contributed by atoms with Gasteiger partial charge in [-0.15, -0.1) is 0 Å². The van der Waals surface area contributed by atoms with Crippen molar-refractivity contribution in [3.63, 3.8) is 0 Å². The summed E-state index contributed by atoms with van der Waals surface area (Å²) in [6, 6.07) is 24.0. The van der Waals surface area contributed by atoms with E-state index < -0.39 is 0 Å². The van der Waals surface area contributed by atoms with Crippen molar-refractivity contribution in [3.8, 4) is 11.1 Å². The second-order valence-corrected chi connectivity index (χ2v) is 6.93. The van der Waals surface area contributed by atoms with Gasteiger partial charge >= 0.3 is 0 Å². The molecule has 5 aromatic rings. The number of pyridine rings is 2. The monoisotopic (exact) mass is 350 g/mol. The van der Waals surface area contributed by atoms with Crippen molar-refractivity contribution in [2.75, 3.05) is 0 Å². The van der Waals surface area contributed by atoms with Crippen LogP contribution in [0, 0.1) is 6.92 Å². The van der Waals surface area contributed by atoms with Crippen LogP contribution in [0.2, 0.25) is 0 Å². The molecule has 0 amide bonds. The van der Waals surface area contributed by atoms with Gasteiger partial charge in [-0.1, -0.05) is 60.7 Å². The van der Waals surface area contributed by atoms with Crippen LogP contribution in [-0.4, -0.2) is 9.55 Å². The molecule has 0 unspecified atom stereocenters. The Hall–Kier alpha value is -3.46. The number of aryl methyl sites for hydroxylation is 2. The second-order valence-electron chi connectivity index (χ2n) is 6.93. The Morgan fingerprint density at radius 3 is 2.33 bits per heavy atom. The Morgan fingerprint density at radius 1 is 0.815 bits per heavy atom. The van der Waals surface area contributed by atoms with E-state index in [2.05, 4.69) is 16.7 Å². The fourth-order valence-electron chi connectivity index (χ4n) is 4.09. The third-order valence-corrected chi connectivity index (χ3v) is 5.30. The molecule has 3 heteroatoms. The average Bonchev–Trinajstić information content (AvgIpc) is 2.71. The van der Waals surface area contributed by atoms with E-state index in [1.54, 1.807) is 0 Å². The van der Waals surface area contributed by atoms with Gasteiger partial charge in [-0.05, 0) is 30.2 Å². The molecule has 2 heterocycles. The van der Waals surface area contributed by atoms with Crippen molar-refractivity contribution in [2.45, 2.75) is 6.92 Å². The molecule has 3 aromatic carbocycles. The third kappa shape index (κ3) is 2.21. The van der Waals surface area contributed by atoms with Gasteiger partial charge in [0.1, 0.15) is 5.65 Å². The Morgan fingerprint density at radius 2 is 1.52 bits per heavy atom. The largest absolute Gasteiger partial charge is 0.328 e. The molecule has 130 valence electrons. The SMILES string of the molecule is Cc1cccc2c(=O)c3c(-c4ccccc4)c4ccccc4nc3n(C)c12. The molecular formula is C24H18N2O. The van der Waals surface area contributed by atoms with Crippen LogP contribution >= 0.6 is 0 Å². The summed E-state index contributed by atoms with van der Waals surface area (Å²) in [6.45, 7) is 2.03. The van der Waals surface area contributed by atoms with Gasteiger partial charge in [0.2, 0.25) is 0 Å². The molecule has 5 rings (SSSR count). The van der Waals surface area contributed by atoms with E-state index in [1.165, 1.54) is 0 Å². The molecule has 0 fully saturated rings. The first-order chi connectivity index (χ1) is 13.2. The van der Waals surface area contributed by atoms with Gasteiger partial charge in [0.15, 0.2) is 5.43 Å². The molecule has 0 spiro atoms. The lowest BCUT2D eigenvalue weighted by Crippen LogP contribution is -2.13. The number of fused-ring (bicyclic) bond motifs is 3. The second kappa shape index (κ2) is 5.78. The van der Waals surface area contributed by atoms with Crippen LogP contribution < -0.4 is 5.43 Å². The molecule has 0 N–H and O–H groups in total. The number of para-hydroxylation sites is 2. The molecule has 2 aromatic heterocycles. The summed E-state index contributed by atoms with van der Waals surface area (Å²) in [5, 5.41) is 2.42. The summed E-state index contributed by atoms with van der Waals surface area (Å²) in [5.41, 5.74) is 5.66. The Labute approximate surface area is 156 Å². The van der Waals surface area contributed by atoms with Crippen molar-refractivity contribution in [1.82, 2.24) is 9.55 Å². The fourth-order valence-corrected chi connectivity index (χ4v) is 4.09. The van der Waals surface area contributed by atoms with Crippen molar-refractivity contribution < 1.29 is 0 Å². The zero-order valence-corrected chi connectivity index (χ0v) is 15.2. The van der Waals surface area contributed by atoms with E-state index in [-0.39, 0.29) is 5.43 Å². The first-order valence-corrected chi connectivity index (χ1v) is 9.03. The quantitative estimate of drug-likeness (QED) is 0.389. The number of nitrogens with zero attached hydrogens (tertiary/aromatic N) is 2. The van der Waals surface area contributed by atoms with E-state index in [0.717, 1.165) is 44.1 Å². The van der Waals surface area contributed by atoms with Crippen LogP contribution in [0.3, 0.4) is 0 Å². The molecule has 0 saturated heterocycles. The summed E-state index contributed by atoms with van der Waals surface area (Å²) in [6.07, 6.45) is 0. The number of benzene rings is 3. The maximum Gasteiger partial charge on any atom is 0.199 e. The Balaban J connectivity index is 2.14. The topological polar surface area (TPSA) is 34.9 Å². The standard InChI is InChI=1S/C24H18N2O/c1-15-9-8-13-18-22(15)26(2)24-21(23(18)27)20(16-10-4-3-5-11-16)17-12-6-7-14-19(17)25-24/h3-14H,1-2H3. The maximum atomic E-state index is 13.6. The normalized spacial score (nSPS) is 11.5. The van der Waals surface area contributed by atoms with Gasteiger partial charge in [0.05, 0.1) is 16.4 Å². The van der Waals surface area contributed by atoms with Gasteiger partial charge in [-0.3, -0.25) is 4.79 Å². The molecule has 0 aliphatic carbocycles. The average molecular weight is 350 g/mol. The summed E-state index contributed by atoms with van der Waals surface area (Å²) >= 11 is 0. The van der Waals surface area contributed by atoms with E-state index >= 15 is 0 Å². The lowest BCUT2D eigenvalue weighted by molar-refractivity contribution is 0.976. The molecule has 0 atom stereocenters. The molecule has 27 heavy (non-hydrogen) atoms. The van der Waals surface area contributed by atoms with Gasteiger partial charge in [-0.2, -0.15) is 0 Å². The van der Waals surface area contributed by atoms with E-state index in [1.807, 2.05) is 74.6 Å². The molecule has 0 radical (unpaired) electrons. The smallest absolute Gasteiger partial charge is 0.199 e. The highest BCUT2D eigenvalue weighted by Gasteiger charge is 2.18. The van der Waals surface area contributed by atoms with Gasteiger partial charge < -0.3 is 4.57 Å². The summed E-state index contributed by atoms with van der Waals surface area (Å²) < 4.78 is 2.06. The molecule has 0 aliphatic heterocycles. The Kier molecular flexibility index (Phi) is 3.37. The predicted molar refractivity (Wildman–Crippen MR) is 112 cm³/mol. The maximum absolute atomic E-state index is 13.6. The summed E-state index contributed by atoms with van der Waals surface area (Å²) in [5.74, 6) is 0. The van der Waals surface area contributed by atoms with Crippen LogP contribution in [0.25, 0.3) is 44.0 Å². The predicted octanol–water partition coefficient (Wildman–Crippen LogP) is 5.22. The van der Waals surface area contributed by atoms with Gasteiger partial charge in [0, 0.05) is 23.4 Å². The first-order valence-electron chi connectivity index (χ1n) is 9.03. The number of hydrogen-bond donors (Lipinski definition) is 0. The third-order valence-electron chi connectivity index (χ3n) is 5.30. The van der Waals surface area contributed by atoms with Crippen molar-refractivity contribution in [2.24, 2.45) is 7.05 Å². The highest BCUT2D eigenvalue weighted by molar-refractivity contribution is 6.11. The zero-order chi connectivity index (χ0) is 18.5. The minimum atomic E-state index is 0.0407. The molecular weight excluding hydrogens is 332 g/mol. The fraction of sp³-hybridized carbons (Fsp3) is 0.0833. The lowest BCUT2D eigenvalue weighted by Gasteiger charge is -2.16. The van der Waals surface area contributed by atoms with Crippen LogP contribution in [0.1, 0.15) is 5.56 Å². The Bertz CT molecular complexity index is 1400. The molecule has 3 nitrogen and oxygen atoms in total. The van der Waals surface area contributed by atoms with Crippen LogP contribution in [-0.2, 0) is 7.05 Å². The lowest BCUT2D eigenvalue weighted by atomic mass is 9.96. The minimum absolute atomic E-state index is 0.0407. The molecule has 0 saturated carbocycles. The van der Waals surface area contributed by atoms with Crippen molar-refractivity contribution in [1.29, 1.82) is 0 Å². The molecule has 0 aliphatic rings. The first kappa shape index (κ1) is 15.8. The van der Waals surface area contributed by atoms with Gasteiger partial charge in [0.25, 0.3) is 0 Å². The highest BCUT2D eigenvalue weighted by atomic mass is 16.1. The molecule has 0 bridgehead atoms. The number of rotatable bonds is 1. The summed E-state index contributed by atoms with van der Waals surface area (Å²) in [4.78, 5) is 18.5. The van der Waals surface area contributed by atoms with Crippen molar-refractivity contribution in [3.05, 3.63) is 88.6 Å². The van der Waals surface area contributed by atoms with Crippen LogP contribution in [0.4, 0.5) is 0 Å². The number of aromatic nitrogens is 2. The minimum Gasteiger partial charge on any atom is -0.328 e. The zero-order valence-electron chi connectivity index (χ0n) is 15.2. The van der Waals surface area contributed by atoms with Crippen molar-refractivity contribution >= 4 is 32.8 Å².